The fourth-order valence-electron chi connectivity index (χ4n) is 3.21. The first-order valence-electron chi connectivity index (χ1n) is 8.95. The van der Waals surface area contributed by atoms with Crippen molar-refractivity contribution in [2.75, 3.05) is 36.4 Å². The Hall–Kier alpha value is -3.09. The van der Waals surface area contributed by atoms with E-state index in [-0.39, 0.29) is 5.91 Å². The molecule has 4 rings (SSSR count). The summed E-state index contributed by atoms with van der Waals surface area (Å²) in [6, 6.07) is 9.73. The zero-order valence-electron chi connectivity index (χ0n) is 14.6. The second kappa shape index (κ2) is 7.43. The van der Waals surface area contributed by atoms with Gasteiger partial charge in [0.2, 0.25) is 0 Å². The largest absolute Gasteiger partial charge is 0.368 e. The van der Waals surface area contributed by atoms with Gasteiger partial charge in [-0.3, -0.25) is 4.79 Å². The van der Waals surface area contributed by atoms with Gasteiger partial charge in [0.15, 0.2) is 0 Å². The Morgan fingerprint density at radius 2 is 2.00 bits per heavy atom. The van der Waals surface area contributed by atoms with Crippen LogP contribution >= 0.6 is 0 Å². The minimum atomic E-state index is -0.0732. The molecule has 3 aromatic rings. The molecule has 3 aromatic heterocycles. The van der Waals surface area contributed by atoms with Crippen molar-refractivity contribution in [1.82, 2.24) is 19.7 Å². The van der Waals surface area contributed by atoms with E-state index in [1.54, 1.807) is 6.33 Å². The van der Waals surface area contributed by atoms with E-state index in [2.05, 4.69) is 25.5 Å². The summed E-state index contributed by atoms with van der Waals surface area (Å²) in [6.07, 6.45) is 7.79. The Morgan fingerprint density at radius 3 is 2.85 bits per heavy atom. The van der Waals surface area contributed by atoms with Crippen molar-refractivity contribution < 1.29 is 4.79 Å². The highest BCUT2D eigenvalue weighted by Gasteiger charge is 2.14. The number of rotatable bonds is 6. The molecule has 2 N–H and O–H groups in total. The number of fused-ring (bicyclic) bond motifs is 1. The normalized spacial score (nSPS) is 13.9. The molecule has 134 valence electrons. The molecule has 7 nitrogen and oxygen atoms in total. The lowest BCUT2D eigenvalue weighted by atomic mass is 10.3. The van der Waals surface area contributed by atoms with Crippen LogP contribution in [0.5, 0.6) is 0 Å². The number of nitrogens with one attached hydrogen (secondary N) is 2. The number of pyridine rings is 1. The van der Waals surface area contributed by atoms with Crippen molar-refractivity contribution in [1.29, 1.82) is 0 Å². The molecule has 7 heteroatoms. The average molecular weight is 350 g/mol. The maximum Gasteiger partial charge on any atom is 0.252 e. The maximum absolute atomic E-state index is 12.3. The standard InChI is InChI=1S/C19H22N6O/c26-19(15-11-16-5-1-2-10-25(16)13-15)21-7-6-20-17-12-18(23-14-22-17)24-8-3-4-9-24/h1-2,5,10-14H,3-4,6-9H2,(H,21,26)(H,20,22,23). The molecule has 0 atom stereocenters. The molecule has 0 bridgehead atoms. The van der Waals surface area contributed by atoms with Crippen LogP contribution in [0.3, 0.4) is 0 Å². The lowest BCUT2D eigenvalue weighted by Gasteiger charge is -2.16. The number of amides is 1. The number of hydrogen-bond donors (Lipinski definition) is 2. The summed E-state index contributed by atoms with van der Waals surface area (Å²) in [7, 11) is 0. The maximum atomic E-state index is 12.3. The molecule has 0 radical (unpaired) electrons. The quantitative estimate of drug-likeness (QED) is 0.667. The van der Waals surface area contributed by atoms with E-state index < -0.39 is 0 Å². The number of hydrogen-bond acceptors (Lipinski definition) is 5. The Labute approximate surface area is 152 Å². The molecular weight excluding hydrogens is 328 g/mol. The van der Waals surface area contributed by atoms with Gasteiger partial charge >= 0.3 is 0 Å². The number of aromatic nitrogens is 3. The molecular formula is C19H22N6O. The number of carbonyl (C=O) groups is 1. The summed E-state index contributed by atoms with van der Waals surface area (Å²) >= 11 is 0. The SMILES string of the molecule is O=C(NCCNc1cc(N2CCCC2)ncn1)c1cc2ccccn2c1. The van der Waals surface area contributed by atoms with Crippen LogP contribution in [0.15, 0.2) is 49.1 Å². The van der Waals surface area contributed by atoms with Gasteiger partial charge in [0.25, 0.3) is 5.91 Å². The highest BCUT2D eigenvalue weighted by molar-refractivity contribution is 5.95. The zero-order valence-corrected chi connectivity index (χ0v) is 14.6. The van der Waals surface area contributed by atoms with Gasteiger partial charge in [-0.15, -0.1) is 0 Å². The minimum Gasteiger partial charge on any atom is -0.368 e. The summed E-state index contributed by atoms with van der Waals surface area (Å²) in [5, 5.41) is 6.18. The van der Waals surface area contributed by atoms with E-state index in [0.29, 0.717) is 18.7 Å². The Morgan fingerprint density at radius 1 is 1.12 bits per heavy atom. The molecule has 1 aliphatic heterocycles. The summed E-state index contributed by atoms with van der Waals surface area (Å²) in [4.78, 5) is 23.1. The molecule has 1 amide bonds. The first-order valence-corrected chi connectivity index (χ1v) is 8.95. The number of nitrogens with zero attached hydrogens (tertiary/aromatic N) is 4. The second-order valence-corrected chi connectivity index (χ2v) is 6.40. The van der Waals surface area contributed by atoms with Crippen LogP contribution in [-0.2, 0) is 0 Å². The van der Waals surface area contributed by atoms with Crippen LogP contribution in [0.2, 0.25) is 0 Å². The zero-order chi connectivity index (χ0) is 17.8. The van der Waals surface area contributed by atoms with Crippen LogP contribution in [0.1, 0.15) is 23.2 Å². The highest BCUT2D eigenvalue weighted by atomic mass is 16.1. The van der Waals surface area contributed by atoms with Crippen LogP contribution in [0.25, 0.3) is 5.52 Å². The van der Waals surface area contributed by atoms with Gasteiger partial charge in [-0.1, -0.05) is 6.07 Å². The Balaban J connectivity index is 1.28. The summed E-state index contributed by atoms with van der Waals surface area (Å²) in [5.41, 5.74) is 1.67. The van der Waals surface area contributed by atoms with Gasteiger partial charge < -0.3 is 19.9 Å². The van der Waals surface area contributed by atoms with Gasteiger partial charge in [0, 0.05) is 50.2 Å². The molecule has 0 aromatic carbocycles. The van der Waals surface area contributed by atoms with E-state index in [4.69, 9.17) is 0 Å². The van der Waals surface area contributed by atoms with E-state index >= 15 is 0 Å². The van der Waals surface area contributed by atoms with E-state index in [0.717, 1.165) is 30.2 Å². The third-order valence-corrected chi connectivity index (χ3v) is 4.57. The first-order chi connectivity index (χ1) is 12.8. The monoisotopic (exact) mass is 350 g/mol. The lowest BCUT2D eigenvalue weighted by Crippen LogP contribution is -2.28. The molecule has 4 heterocycles. The third kappa shape index (κ3) is 3.61. The first kappa shape index (κ1) is 16.4. The van der Waals surface area contributed by atoms with Crippen molar-refractivity contribution in [3.63, 3.8) is 0 Å². The number of carbonyl (C=O) groups excluding carboxylic acids is 1. The summed E-state index contributed by atoms with van der Waals surface area (Å²) in [5.74, 6) is 1.67. The smallest absolute Gasteiger partial charge is 0.252 e. The lowest BCUT2D eigenvalue weighted by molar-refractivity contribution is 0.0955. The van der Waals surface area contributed by atoms with Crippen LogP contribution in [0, 0.1) is 0 Å². The van der Waals surface area contributed by atoms with Gasteiger partial charge in [-0.05, 0) is 31.0 Å². The average Bonchev–Trinajstić information content (AvgIpc) is 3.35. The molecule has 0 unspecified atom stereocenters. The van der Waals surface area contributed by atoms with Crippen molar-refractivity contribution >= 4 is 23.1 Å². The molecule has 0 spiro atoms. The summed E-state index contributed by atoms with van der Waals surface area (Å²) < 4.78 is 1.94. The van der Waals surface area contributed by atoms with Gasteiger partial charge in [0.1, 0.15) is 18.0 Å². The predicted octanol–water partition coefficient (Wildman–Crippen LogP) is 2.17. The van der Waals surface area contributed by atoms with E-state index in [1.807, 2.05) is 47.1 Å². The summed E-state index contributed by atoms with van der Waals surface area (Å²) in [6.45, 7) is 3.24. The molecule has 1 saturated heterocycles. The molecule has 0 saturated carbocycles. The van der Waals surface area contributed by atoms with Crippen LogP contribution < -0.4 is 15.5 Å². The van der Waals surface area contributed by atoms with E-state index in [9.17, 15) is 4.79 Å². The Kier molecular flexibility index (Phi) is 4.68. The number of anilines is 2. The fourth-order valence-corrected chi connectivity index (χ4v) is 3.21. The molecule has 26 heavy (non-hydrogen) atoms. The van der Waals surface area contributed by atoms with Crippen molar-refractivity contribution in [2.24, 2.45) is 0 Å². The second-order valence-electron chi connectivity index (χ2n) is 6.40. The Bertz CT molecular complexity index is 867. The molecule has 1 fully saturated rings. The molecule has 0 aliphatic carbocycles. The van der Waals surface area contributed by atoms with Gasteiger partial charge in [-0.2, -0.15) is 0 Å². The topological polar surface area (TPSA) is 74.6 Å². The van der Waals surface area contributed by atoms with Crippen LogP contribution in [0.4, 0.5) is 11.6 Å². The van der Waals surface area contributed by atoms with Crippen molar-refractivity contribution in [2.45, 2.75) is 12.8 Å². The van der Waals surface area contributed by atoms with Crippen molar-refractivity contribution in [3.05, 3.63) is 54.6 Å². The highest BCUT2D eigenvalue weighted by Crippen LogP contribution is 2.19. The van der Waals surface area contributed by atoms with Crippen LogP contribution in [-0.4, -0.2) is 46.5 Å². The predicted molar refractivity (Wildman–Crippen MR) is 102 cm³/mol. The third-order valence-electron chi connectivity index (χ3n) is 4.57. The van der Waals surface area contributed by atoms with Crippen molar-refractivity contribution in [3.8, 4) is 0 Å². The van der Waals surface area contributed by atoms with Gasteiger partial charge in [-0.25, -0.2) is 9.97 Å². The van der Waals surface area contributed by atoms with E-state index in [1.165, 1.54) is 12.8 Å². The minimum absolute atomic E-state index is 0.0732. The van der Waals surface area contributed by atoms with Gasteiger partial charge in [0.05, 0.1) is 5.56 Å². The molecule has 1 aliphatic rings. The fraction of sp³-hybridized carbons (Fsp3) is 0.316.